The highest BCUT2D eigenvalue weighted by atomic mass is 35.5. The van der Waals surface area contributed by atoms with E-state index in [4.69, 9.17) is 10.5 Å². The van der Waals surface area contributed by atoms with E-state index < -0.39 is 6.10 Å². The van der Waals surface area contributed by atoms with E-state index >= 15 is 0 Å². The Bertz CT molecular complexity index is 495. The van der Waals surface area contributed by atoms with Gasteiger partial charge in [-0.2, -0.15) is 0 Å². The van der Waals surface area contributed by atoms with Gasteiger partial charge in [0.05, 0.1) is 18.0 Å². The first-order valence-electron chi connectivity index (χ1n) is 7.63. The molecular weight excluding hydrogens is 339 g/mol. The maximum atomic E-state index is 12.1. The van der Waals surface area contributed by atoms with Crippen molar-refractivity contribution in [1.82, 2.24) is 4.98 Å². The van der Waals surface area contributed by atoms with Gasteiger partial charge in [-0.1, -0.05) is 0 Å². The third-order valence-corrected chi connectivity index (χ3v) is 4.11. The summed E-state index contributed by atoms with van der Waals surface area (Å²) in [5, 5.41) is 2.86. The Morgan fingerprint density at radius 1 is 1.30 bits per heavy atom. The summed E-state index contributed by atoms with van der Waals surface area (Å²) in [4.78, 5) is 18.8. The number of rotatable bonds is 4. The minimum absolute atomic E-state index is 0. The van der Waals surface area contributed by atoms with E-state index in [-0.39, 0.29) is 36.8 Å². The highest BCUT2D eigenvalue weighted by Crippen LogP contribution is 2.22. The van der Waals surface area contributed by atoms with Crippen molar-refractivity contribution < 1.29 is 9.53 Å². The number of hydrogen-bond donors (Lipinski definition) is 2. The Hall–Kier alpha value is -1.08. The molecule has 2 aliphatic rings. The zero-order chi connectivity index (χ0) is 14.7. The number of ether oxygens (including phenoxy) is 1. The number of nitrogens with zero attached hydrogens (tertiary/aromatic N) is 2. The summed E-state index contributed by atoms with van der Waals surface area (Å²) < 4.78 is 5.58. The van der Waals surface area contributed by atoms with Crippen LogP contribution in [0.15, 0.2) is 18.3 Å². The third kappa shape index (κ3) is 4.94. The Morgan fingerprint density at radius 2 is 2.04 bits per heavy atom. The van der Waals surface area contributed by atoms with Crippen molar-refractivity contribution in [2.24, 2.45) is 5.73 Å². The second-order valence-electron chi connectivity index (χ2n) is 5.65. The third-order valence-electron chi connectivity index (χ3n) is 4.11. The molecule has 23 heavy (non-hydrogen) atoms. The zero-order valence-electron chi connectivity index (χ0n) is 12.9. The molecule has 1 aromatic heterocycles. The predicted molar refractivity (Wildman–Crippen MR) is 95.8 cm³/mol. The average molecular weight is 363 g/mol. The molecule has 0 bridgehead atoms. The molecule has 3 heterocycles. The molecule has 1 amide bonds. The van der Waals surface area contributed by atoms with Gasteiger partial charge in [0.2, 0.25) is 0 Å². The van der Waals surface area contributed by atoms with E-state index in [1.54, 1.807) is 6.20 Å². The number of amides is 1. The molecule has 130 valence electrons. The van der Waals surface area contributed by atoms with Crippen molar-refractivity contribution in [2.45, 2.75) is 37.9 Å². The smallest absolute Gasteiger partial charge is 0.253 e. The Kier molecular flexibility index (Phi) is 8.05. The van der Waals surface area contributed by atoms with Crippen LogP contribution in [0.2, 0.25) is 0 Å². The van der Waals surface area contributed by atoms with Crippen LogP contribution in [0.1, 0.15) is 25.7 Å². The average Bonchev–Trinajstić information content (AvgIpc) is 3.19. The molecule has 0 radical (unpaired) electrons. The fourth-order valence-corrected chi connectivity index (χ4v) is 2.89. The molecule has 2 atom stereocenters. The lowest BCUT2D eigenvalue weighted by atomic mass is 10.2. The summed E-state index contributed by atoms with van der Waals surface area (Å²) in [5.74, 6) is 0.868. The quantitative estimate of drug-likeness (QED) is 0.855. The summed E-state index contributed by atoms with van der Waals surface area (Å²) in [7, 11) is 0. The van der Waals surface area contributed by atoms with Gasteiger partial charge in [-0.25, -0.2) is 4.98 Å². The second-order valence-corrected chi connectivity index (χ2v) is 5.65. The zero-order valence-corrected chi connectivity index (χ0v) is 14.6. The van der Waals surface area contributed by atoms with Crippen molar-refractivity contribution >= 4 is 42.2 Å². The highest BCUT2D eigenvalue weighted by molar-refractivity contribution is 5.94. The van der Waals surface area contributed by atoms with Gasteiger partial charge in [-0.15, -0.1) is 24.8 Å². The van der Waals surface area contributed by atoms with Gasteiger partial charge in [0.25, 0.3) is 5.91 Å². The van der Waals surface area contributed by atoms with Gasteiger partial charge in [0.15, 0.2) is 0 Å². The molecule has 6 nitrogen and oxygen atoms in total. The molecule has 2 saturated heterocycles. The summed E-state index contributed by atoms with van der Waals surface area (Å²) in [6.07, 6.45) is 5.35. The number of nitrogens with one attached hydrogen (secondary N) is 1. The Morgan fingerprint density at radius 3 is 2.61 bits per heavy atom. The van der Waals surface area contributed by atoms with E-state index in [2.05, 4.69) is 15.2 Å². The number of pyridine rings is 1. The minimum atomic E-state index is -0.392. The second kappa shape index (κ2) is 9.27. The first-order chi connectivity index (χ1) is 10.3. The SMILES string of the molecule is Cl.Cl.NC[C@H]1CC[C@@H](C(=O)Nc2ccc(N3CCCC3)nc2)O1. The van der Waals surface area contributed by atoms with Crippen LogP contribution >= 0.6 is 24.8 Å². The molecule has 1 aromatic rings. The van der Waals surface area contributed by atoms with E-state index in [1.807, 2.05) is 12.1 Å². The monoisotopic (exact) mass is 362 g/mol. The number of halogens is 2. The summed E-state index contributed by atoms with van der Waals surface area (Å²) in [6.45, 7) is 2.60. The molecule has 0 aliphatic carbocycles. The Labute approximate surface area is 149 Å². The first kappa shape index (κ1) is 20.0. The number of nitrogens with two attached hydrogens (primary N) is 1. The van der Waals surface area contributed by atoms with Gasteiger partial charge >= 0.3 is 0 Å². The normalized spacial score (nSPS) is 23.1. The van der Waals surface area contributed by atoms with Crippen LogP contribution in [0.25, 0.3) is 0 Å². The van der Waals surface area contributed by atoms with Gasteiger partial charge in [-0.3, -0.25) is 4.79 Å². The van der Waals surface area contributed by atoms with Crippen LogP contribution in [0, 0.1) is 0 Å². The lowest BCUT2D eigenvalue weighted by molar-refractivity contribution is -0.126. The summed E-state index contributed by atoms with van der Waals surface area (Å²) in [6, 6.07) is 3.85. The number of aromatic nitrogens is 1. The highest BCUT2D eigenvalue weighted by Gasteiger charge is 2.29. The van der Waals surface area contributed by atoms with Gasteiger partial charge in [0.1, 0.15) is 11.9 Å². The van der Waals surface area contributed by atoms with Crippen molar-refractivity contribution in [3.05, 3.63) is 18.3 Å². The minimum Gasteiger partial charge on any atom is -0.364 e. The van der Waals surface area contributed by atoms with E-state index in [1.165, 1.54) is 12.8 Å². The molecule has 3 rings (SSSR count). The van der Waals surface area contributed by atoms with E-state index in [0.29, 0.717) is 12.2 Å². The van der Waals surface area contributed by atoms with Crippen molar-refractivity contribution in [1.29, 1.82) is 0 Å². The number of anilines is 2. The molecular formula is C15H24Cl2N4O2. The van der Waals surface area contributed by atoms with Crippen LogP contribution < -0.4 is 16.0 Å². The summed E-state index contributed by atoms with van der Waals surface area (Å²) >= 11 is 0. The molecule has 2 aliphatic heterocycles. The van der Waals surface area contributed by atoms with Crippen LogP contribution in [-0.2, 0) is 9.53 Å². The fraction of sp³-hybridized carbons (Fsp3) is 0.600. The van der Waals surface area contributed by atoms with Gasteiger partial charge in [-0.05, 0) is 37.8 Å². The summed E-state index contributed by atoms with van der Waals surface area (Å²) in [5.41, 5.74) is 6.26. The molecule has 8 heteroatoms. The molecule has 2 fully saturated rings. The molecule has 0 aromatic carbocycles. The van der Waals surface area contributed by atoms with Crippen molar-refractivity contribution in [2.75, 3.05) is 29.9 Å². The maximum absolute atomic E-state index is 12.1. The van der Waals surface area contributed by atoms with Crippen LogP contribution in [0.4, 0.5) is 11.5 Å². The molecule has 0 spiro atoms. The van der Waals surface area contributed by atoms with Crippen LogP contribution in [-0.4, -0.2) is 42.7 Å². The first-order valence-corrected chi connectivity index (χ1v) is 7.63. The number of carbonyl (C=O) groups excluding carboxylic acids is 1. The topological polar surface area (TPSA) is 80.5 Å². The molecule has 3 N–H and O–H groups in total. The van der Waals surface area contributed by atoms with Gasteiger partial charge < -0.3 is 20.7 Å². The number of hydrogen-bond acceptors (Lipinski definition) is 5. The van der Waals surface area contributed by atoms with Crippen LogP contribution in [0.5, 0.6) is 0 Å². The van der Waals surface area contributed by atoms with Gasteiger partial charge in [0, 0.05) is 19.6 Å². The standard InChI is InChI=1S/C15H22N4O2.2ClH/c16-9-12-4-5-13(21-12)15(20)18-11-3-6-14(17-10-11)19-7-1-2-8-19;;/h3,6,10,12-13H,1-2,4-5,7-9,16H2,(H,18,20);2*1H/t12-,13+;;/m1../s1. The molecule has 0 unspecified atom stereocenters. The van der Waals surface area contributed by atoms with E-state index in [9.17, 15) is 4.79 Å². The lowest BCUT2D eigenvalue weighted by Gasteiger charge is -2.17. The largest absolute Gasteiger partial charge is 0.364 e. The van der Waals surface area contributed by atoms with E-state index in [0.717, 1.165) is 31.7 Å². The fourth-order valence-electron chi connectivity index (χ4n) is 2.89. The van der Waals surface area contributed by atoms with Crippen molar-refractivity contribution in [3.63, 3.8) is 0 Å². The number of carbonyl (C=O) groups is 1. The lowest BCUT2D eigenvalue weighted by Crippen LogP contribution is -2.29. The molecule has 0 saturated carbocycles. The Balaban J connectivity index is 0.00000132. The maximum Gasteiger partial charge on any atom is 0.253 e. The van der Waals surface area contributed by atoms with Crippen molar-refractivity contribution in [3.8, 4) is 0 Å². The van der Waals surface area contributed by atoms with Crippen LogP contribution in [0.3, 0.4) is 0 Å². The predicted octanol–water partition coefficient (Wildman–Crippen LogP) is 1.97.